The quantitative estimate of drug-likeness (QED) is 0.226. The van der Waals surface area contributed by atoms with Gasteiger partial charge in [0.05, 0.1) is 37.5 Å². The average Bonchev–Trinajstić information content (AvgIpc) is 2.56. The number of unbranched alkanes of at least 4 members (excludes halogenated alkanes) is 4. The molecular formula is C20H36ClNO3S. The SMILES string of the molecule is CCCCC[N+](C)(CCCl)CCCCC.Cc1ccc(S(=O)(=O)[O-])cc1. The average molecular weight is 406 g/mol. The van der Waals surface area contributed by atoms with Crippen LogP contribution in [-0.2, 0) is 10.1 Å². The first kappa shape index (κ1) is 25.4. The number of rotatable bonds is 11. The van der Waals surface area contributed by atoms with Gasteiger partial charge in [-0.3, -0.25) is 0 Å². The van der Waals surface area contributed by atoms with Gasteiger partial charge in [0.25, 0.3) is 0 Å². The maximum atomic E-state index is 10.4. The summed E-state index contributed by atoms with van der Waals surface area (Å²) in [5, 5.41) is 0. The minimum Gasteiger partial charge on any atom is -0.744 e. The largest absolute Gasteiger partial charge is 0.744 e. The van der Waals surface area contributed by atoms with Gasteiger partial charge in [0.2, 0.25) is 0 Å². The van der Waals surface area contributed by atoms with Crippen molar-refractivity contribution in [2.45, 2.75) is 64.2 Å². The molecule has 152 valence electrons. The third kappa shape index (κ3) is 11.9. The Kier molecular flexibility index (Phi) is 13.2. The van der Waals surface area contributed by atoms with Crippen molar-refractivity contribution in [2.24, 2.45) is 0 Å². The van der Waals surface area contributed by atoms with E-state index in [0.29, 0.717) is 0 Å². The number of aryl methyl sites for hydroxylation is 1. The van der Waals surface area contributed by atoms with Crippen LogP contribution in [0.15, 0.2) is 29.2 Å². The Hall–Kier alpha value is -0.620. The zero-order chi connectivity index (χ0) is 20.1. The number of hydrogen-bond donors (Lipinski definition) is 0. The van der Waals surface area contributed by atoms with E-state index in [1.54, 1.807) is 12.1 Å². The Labute approximate surface area is 165 Å². The summed E-state index contributed by atoms with van der Waals surface area (Å²) in [7, 11) is -1.90. The predicted octanol–water partition coefficient (Wildman–Crippen LogP) is 4.95. The van der Waals surface area contributed by atoms with E-state index >= 15 is 0 Å². The lowest BCUT2D eigenvalue weighted by molar-refractivity contribution is -0.907. The molecule has 6 heteroatoms. The minimum absolute atomic E-state index is 0.178. The molecule has 0 aliphatic carbocycles. The van der Waals surface area contributed by atoms with E-state index in [2.05, 4.69) is 20.9 Å². The highest BCUT2D eigenvalue weighted by atomic mass is 35.5. The summed E-state index contributed by atoms with van der Waals surface area (Å²) in [6.45, 7) is 10.1. The molecule has 0 spiro atoms. The van der Waals surface area contributed by atoms with E-state index in [-0.39, 0.29) is 4.90 Å². The third-order valence-electron chi connectivity index (χ3n) is 4.54. The number of benzene rings is 1. The topological polar surface area (TPSA) is 57.2 Å². The highest BCUT2D eigenvalue weighted by molar-refractivity contribution is 7.85. The second-order valence-electron chi connectivity index (χ2n) is 7.16. The smallest absolute Gasteiger partial charge is 0.124 e. The van der Waals surface area contributed by atoms with Crippen LogP contribution in [0.3, 0.4) is 0 Å². The summed E-state index contributed by atoms with van der Waals surface area (Å²) >= 11 is 5.90. The van der Waals surface area contributed by atoms with Crippen LogP contribution in [0.2, 0.25) is 0 Å². The van der Waals surface area contributed by atoms with Gasteiger partial charge in [-0.05, 0) is 44.7 Å². The summed E-state index contributed by atoms with van der Waals surface area (Å²) in [5.41, 5.74) is 0.928. The van der Waals surface area contributed by atoms with Crippen molar-refractivity contribution in [1.82, 2.24) is 0 Å². The Morgan fingerprint density at radius 3 is 1.73 bits per heavy atom. The van der Waals surface area contributed by atoms with Crippen LogP contribution in [-0.4, -0.2) is 50.0 Å². The molecule has 0 amide bonds. The molecule has 0 aromatic heterocycles. The van der Waals surface area contributed by atoms with E-state index in [0.717, 1.165) is 18.0 Å². The Balaban J connectivity index is 0.000000502. The first-order valence-corrected chi connectivity index (χ1v) is 11.5. The van der Waals surface area contributed by atoms with Gasteiger partial charge in [0, 0.05) is 0 Å². The lowest BCUT2D eigenvalue weighted by Crippen LogP contribution is -2.46. The fraction of sp³-hybridized carbons (Fsp3) is 0.700. The van der Waals surface area contributed by atoms with Crippen molar-refractivity contribution in [1.29, 1.82) is 0 Å². The van der Waals surface area contributed by atoms with E-state index in [1.807, 2.05) is 6.92 Å². The van der Waals surface area contributed by atoms with Gasteiger partial charge in [0.15, 0.2) is 0 Å². The molecule has 0 bridgehead atoms. The predicted molar refractivity (Wildman–Crippen MR) is 110 cm³/mol. The first-order chi connectivity index (χ1) is 12.2. The Morgan fingerprint density at radius 1 is 0.923 bits per heavy atom. The zero-order valence-corrected chi connectivity index (χ0v) is 18.4. The second-order valence-corrected chi connectivity index (χ2v) is 8.92. The normalized spacial score (nSPS) is 11.8. The fourth-order valence-electron chi connectivity index (χ4n) is 2.73. The van der Waals surface area contributed by atoms with Crippen molar-refractivity contribution < 1.29 is 17.5 Å². The van der Waals surface area contributed by atoms with Crippen LogP contribution >= 0.6 is 11.6 Å². The van der Waals surface area contributed by atoms with Gasteiger partial charge in [-0.2, -0.15) is 0 Å². The van der Waals surface area contributed by atoms with Crippen LogP contribution < -0.4 is 0 Å². The fourth-order valence-corrected chi connectivity index (χ4v) is 3.61. The first-order valence-electron chi connectivity index (χ1n) is 9.60. The molecule has 0 saturated carbocycles. The number of alkyl halides is 1. The van der Waals surface area contributed by atoms with Crippen LogP contribution in [0.4, 0.5) is 0 Å². The Bertz CT molecular complexity index is 563. The molecule has 0 saturated heterocycles. The molecule has 4 nitrogen and oxygen atoms in total. The van der Waals surface area contributed by atoms with Crippen LogP contribution in [0.5, 0.6) is 0 Å². The lowest BCUT2D eigenvalue weighted by Gasteiger charge is -2.34. The number of nitrogens with zero attached hydrogens (tertiary/aromatic N) is 1. The maximum Gasteiger partial charge on any atom is 0.124 e. The summed E-state index contributed by atoms with van der Waals surface area (Å²) in [6, 6.07) is 5.78. The molecule has 0 atom stereocenters. The molecule has 0 aliphatic heterocycles. The van der Waals surface area contributed by atoms with Crippen molar-refractivity contribution in [3.8, 4) is 0 Å². The molecule has 1 aromatic carbocycles. The monoisotopic (exact) mass is 405 g/mol. The maximum absolute atomic E-state index is 10.4. The summed E-state index contributed by atoms with van der Waals surface area (Å²) < 4.78 is 32.3. The highest BCUT2D eigenvalue weighted by Crippen LogP contribution is 2.11. The molecule has 0 fully saturated rings. The van der Waals surface area contributed by atoms with Crippen LogP contribution in [0.1, 0.15) is 57.9 Å². The Morgan fingerprint density at radius 2 is 1.38 bits per heavy atom. The van der Waals surface area contributed by atoms with Gasteiger partial charge in [-0.25, -0.2) is 8.42 Å². The highest BCUT2D eigenvalue weighted by Gasteiger charge is 2.19. The van der Waals surface area contributed by atoms with Crippen molar-refractivity contribution in [2.75, 3.05) is 32.6 Å². The number of halogens is 1. The van der Waals surface area contributed by atoms with Crippen LogP contribution in [0.25, 0.3) is 0 Å². The van der Waals surface area contributed by atoms with Crippen molar-refractivity contribution >= 4 is 21.7 Å². The van der Waals surface area contributed by atoms with Gasteiger partial charge >= 0.3 is 0 Å². The van der Waals surface area contributed by atoms with Gasteiger partial charge in [-0.15, -0.1) is 11.6 Å². The van der Waals surface area contributed by atoms with E-state index in [1.165, 1.54) is 68.2 Å². The molecule has 0 unspecified atom stereocenters. The summed E-state index contributed by atoms with van der Waals surface area (Å²) in [4.78, 5) is -0.178. The van der Waals surface area contributed by atoms with Gasteiger partial charge in [-0.1, -0.05) is 44.4 Å². The molecule has 0 heterocycles. The molecular weight excluding hydrogens is 370 g/mol. The number of quaternary nitrogens is 1. The molecule has 26 heavy (non-hydrogen) atoms. The summed E-state index contributed by atoms with van der Waals surface area (Å²) in [6.07, 6.45) is 8.07. The van der Waals surface area contributed by atoms with E-state index < -0.39 is 10.1 Å². The van der Waals surface area contributed by atoms with Crippen molar-refractivity contribution in [3.05, 3.63) is 29.8 Å². The third-order valence-corrected chi connectivity index (χ3v) is 5.56. The molecule has 1 rings (SSSR count). The number of hydrogen-bond acceptors (Lipinski definition) is 3. The zero-order valence-electron chi connectivity index (χ0n) is 16.8. The second kappa shape index (κ2) is 13.5. The van der Waals surface area contributed by atoms with E-state index in [9.17, 15) is 13.0 Å². The standard InChI is InChI=1S/C13H29ClN.C7H8O3S/c1-4-6-8-11-15(3,13-10-14)12-9-7-5-2;1-6-2-4-7(5-3-6)11(8,9)10/h4-13H2,1-3H3;2-5H,1H3,(H,8,9,10)/q+1;/p-1. The van der Waals surface area contributed by atoms with Crippen molar-refractivity contribution in [3.63, 3.8) is 0 Å². The lowest BCUT2D eigenvalue weighted by atomic mass is 10.2. The molecule has 0 aliphatic rings. The van der Waals surface area contributed by atoms with Gasteiger partial charge < -0.3 is 9.04 Å². The minimum atomic E-state index is -4.27. The molecule has 0 radical (unpaired) electrons. The molecule has 0 N–H and O–H groups in total. The summed E-state index contributed by atoms with van der Waals surface area (Å²) in [5.74, 6) is 0.800. The van der Waals surface area contributed by atoms with Gasteiger partial charge in [0.1, 0.15) is 10.1 Å². The van der Waals surface area contributed by atoms with E-state index in [4.69, 9.17) is 11.6 Å². The molecule has 1 aromatic rings. The van der Waals surface area contributed by atoms with Crippen LogP contribution in [0, 0.1) is 6.92 Å².